The van der Waals surface area contributed by atoms with Crippen LogP contribution in [0.1, 0.15) is 36.5 Å². The standard InChI is InChI=1S/C11H14ClNO2/c1-2-3-4-7-13-8-5-6-9(10(12)14)11(13)15/h5-6,8H,2-4,7H2,1H3. The summed E-state index contributed by atoms with van der Waals surface area (Å²) in [6.07, 6.45) is 4.80. The molecule has 0 aliphatic rings. The first-order valence-corrected chi connectivity index (χ1v) is 5.44. The van der Waals surface area contributed by atoms with E-state index in [0.29, 0.717) is 6.54 Å². The van der Waals surface area contributed by atoms with E-state index in [1.54, 1.807) is 12.3 Å². The number of unbranched alkanes of at least 4 members (excludes halogenated alkanes) is 2. The Bertz CT molecular complexity index is 398. The summed E-state index contributed by atoms with van der Waals surface area (Å²) in [6.45, 7) is 2.74. The highest BCUT2D eigenvalue weighted by Gasteiger charge is 2.08. The second-order valence-corrected chi connectivity index (χ2v) is 3.74. The summed E-state index contributed by atoms with van der Waals surface area (Å²) in [7, 11) is 0. The SMILES string of the molecule is CCCCCn1cccc(C(=O)Cl)c1=O. The van der Waals surface area contributed by atoms with Crippen molar-refractivity contribution in [3.05, 3.63) is 34.2 Å². The minimum absolute atomic E-state index is 0.0515. The molecule has 1 rings (SSSR count). The van der Waals surface area contributed by atoms with E-state index in [0.717, 1.165) is 19.3 Å². The van der Waals surface area contributed by atoms with Gasteiger partial charge in [0.2, 0.25) is 0 Å². The molecular formula is C11H14ClNO2. The Balaban J connectivity index is 2.85. The maximum atomic E-state index is 11.7. The van der Waals surface area contributed by atoms with Crippen LogP contribution in [0.5, 0.6) is 0 Å². The minimum Gasteiger partial charge on any atom is -0.315 e. The fraction of sp³-hybridized carbons (Fsp3) is 0.455. The first-order chi connectivity index (χ1) is 7.16. The van der Waals surface area contributed by atoms with Crippen LogP contribution in [0, 0.1) is 0 Å². The lowest BCUT2D eigenvalue weighted by Gasteiger charge is -2.05. The molecule has 1 aromatic heterocycles. The molecule has 0 aromatic carbocycles. The van der Waals surface area contributed by atoms with Gasteiger partial charge in [-0.1, -0.05) is 19.8 Å². The molecular weight excluding hydrogens is 214 g/mol. The van der Waals surface area contributed by atoms with Crippen LogP contribution < -0.4 is 5.56 Å². The lowest BCUT2D eigenvalue weighted by molar-refractivity contribution is 0.107. The van der Waals surface area contributed by atoms with E-state index < -0.39 is 5.24 Å². The summed E-state index contributed by atoms with van der Waals surface area (Å²) in [4.78, 5) is 22.6. The molecule has 0 unspecified atom stereocenters. The average molecular weight is 228 g/mol. The van der Waals surface area contributed by atoms with E-state index in [9.17, 15) is 9.59 Å². The summed E-state index contributed by atoms with van der Waals surface area (Å²) < 4.78 is 1.53. The van der Waals surface area contributed by atoms with Crippen LogP contribution in [0.3, 0.4) is 0 Å². The van der Waals surface area contributed by atoms with E-state index in [2.05, 4.69) is 6.92 Å². The smallest absolute Gasteiger partial charge is 0.262 e. The largest absolute Gasteiger partial charge is 0.315 e. The molecule has 3 nitrogen and oxygen atoms in total. The topological polar surface area (TPSA) is 39.1 Å². The molecule has 0 fully saturated rings. The summed E-state index contributed by atoms with van der Waals surface area (Å²) in [5.74, 6) is 0. The fourth-order valence-corrected chi connectivity index (χ4v) is 1.54. The average Bonchev–Trinajstić information content (AvgIpc) is 2.20. The van der Waals surface area contributed by atoms with Gasteiger partial charge in [-0.25, -0.2) is 0 Å². The fourth-order valence-electron chi connectivity index (χ4n) is 1.39. The lowest BCUT2D eigenvalue weighted by Crippen LogP contribution is -2.24. The molecule has 0 saturated heterocycles. The first-order valence-electron chi connectivity index (χ1n) is 5.06. The number of aryl methyl sites for hydroxylation is 1. The molecule has 0 atom stereocenters. The summed E-state index contributed by atoms with van der Waals surface area (Å²) >= 11 is 5.29. The van der Waals surface area contributed by atoms with Crippen molar-refractivity contribution in [3.63, 3.8) is 0 Å². The summed E-state index contributed by atoms with van der Waals surface area (Å²) in [5.41, 5.74) is -0.246. The Labute approximate surface area is 93.7 Å². The van der Waals surface area contributed by atoms with Crippen LogP contribution in [0.15, 0.2) is 23.1 Å². The van der Waals surface area contributed by atoms with Crippen molar-refractivity contribution in [2.45, 2.75) is 32.7 Å². The number of rotatable bonds is 5. The zero-order chi connectivity index (χ0) is 11.3. The van der Waals surface area contributed by atoms with Crippen molar-refractivity contribution < 1.29 is 4.79 Å². The predicted molar refractivity (Wildman–Crippen MR) is 60.4 cm³/mol. The Morgan fingerprint density at radius 2 is 2.20 bits per heavy atom. The van der Waals surface area contributed by atoms with Gasteiger partial charge in [0.25, 0.3) is 10.8 Å². The second-order valence-electron chi connectivity index (χ2n) is 3.40. The van der Waals surface area contributed by atoms with Gasteiger partial charge >= 0.3 is 0 Å². The Hall–Kier alpha value is -1.09. The van der Waals surface area contributed by atoms with E-state index in [1.807, 2.05) is 0 Å². The molecule has 1 aromatic rings. The molecule has 4 heteroatoms. The highest BCUT2D eigenvalue weighted by atomic mass is 35.5. The molecule has 0 spiro atoms. The van der Waals surface area contributed by atoms with Gasteiger partial charge in [0, 0.05) is 12.7 Å². The predicted octanol–water partition coefficient (Wildman–Crippen LogP) is 2.42. The highest BCUT2D eigenvalue weighted by molar-refractivity contribution is 6.67. The second kappa shape index (κ2) is 5.71. The molecule has 82 valence electrons. The van der Waals surface area contributed by atoms with E-state index in [-0.39, 0.29) is 11.1 Å². The molecule has 0 saturated carbocycles. The van der Waals surface area contributed by atoms with Gasteiger partial charge in [-0.2, -0.15) is 0 Å². The molecule has 15 heavy (non-hydrogen) atoms. The van der Waals surface area contributed by atoms with Crippen LogP contribution in [-0.4, -0.2) is 9.81 Å². The van der Waals surface area contributed by atoms with Crippen LogP contribution in [0.4, 0.5) is 0 Å². The third-order valence-electron chi connectivity index (χ3n) is 2.23. The quantitative estimate of drug-likeness (QED) is 0.573. The minimum atomic E-state index is -0.690. The normalized spacial score (nSPS) is 10.3. The van der Waals surface area contributed by atoms with E-state index >= 15 is 0 Å². The molecule has 0 aliphatic heterocycles. The van der Waals surface area contributed by atoms with Gasteiger partial charge < -0.3 is 4.57 Å². The van der Waals surface area contributed by atoms with Crippen molar-refractivity contribution in [1.82, 2.24) is 4.57 Å². The molecule has 0 bridgehead atoms. The monoisotopic (exact) mass is 227 g/mol. The third kappa shape index (κ3) is 3.20. The van der Waals surface area contributed by atoms with Crippen LogP contribution in [-0.2, 0) is 6.54 Å². The Morgan fingerprint density at radius 1 is 1.47 bits per heavy atom. The number of hydrogen-bond donors (Lipinski definition) is 0. The molecule has 0 aliphatic carbocycles. The van der Waals surface area contributed by atoms with Gasteiger partial charge in [-0.05, 0) is 30.2 Å². The van der Waals surface area contributed by atoms with Crippen molar-refractivity contribution in [3.8, 4) is 0 Å². The van der Waals surface area contributed by atoms with Gasteiger partial charge in [-0.15, -0.1) is 0 Å². The van der Waals surface area contributed by atoms with Crippen LogP contribution >= 0.6 is 11.6 Å². The van der Waals surface area contributed by atoms with Gasteiger partial charge in [0.15, 0.2) is 0 Å². The first kappa shape index (κ1) is 12.0. The number of halogens is 1. The van der Waals surface area contributed by atoms with Crippen molar-refractivity contribution in [2.24, 2.45) is 0 Å². The number of aromatic nitrogens is 1. The zero-order valence-electron chi connectivity index (χ0n) is 8.70. The number of nitrogens with zero attached hydrogens (tertiary/aromatic N) is 1. The maximum absolute atomic E-state index is 11.7. The Kier molecular flexibility index (Phi) is 4.56. The molecule has 0 N–H and O–H groups in total. The lowest BCUT2D eigenvalue weighted by atomic mass is 10.2. The summed E-state index contributed by atoms with van der Waals surface area (Å²) in [5, 5.41) is -0.690. The molecule has 0 radical (unpaired) electrons. The van der Waals surface area contributed by atoms with E-state index in [1.165, 1.54) is 10.6 Å². The number of hydrogen-bond acceptors (Lipinski definition) is 2. The van der Waals surface area contributed by atoms with Crippen molar-refractivity contribution in [1.29, 1.82) is 0 Å². The molecule has 0 amide bonds. The number of carbonyl (C=O) groups is 1. The van der Waals surface area contributed by atoms with Gasteiger partial charge in [0.05, 0.1) is 5.56 Å². The zero-order valence-corrected chi connectivity index (χ0v) is 9.46. The number of pyridine rings is 1. The molecule has 1 heterocycles. The van der Waals surface area contributed by atoms with Crippen LogP contribution in [0.2, 0.25) is 0 Å². The third-order valence-corrected chi connectivity index (χ3v) is 2.44. The maximum Gasteiger partial charge on any atom is 0.262 e. The van der Waals surface area contributed by atoms with Gasteiger partial charge in [-0.3, -0.25) is 9.59 Å². The van der Waals surface area contributed by atoms with Crippen molar-refractivity contribution in [2.75, 3.05) is 0 Å². The van der Waals surface area contributed by atoms with Gasteiger partial charge in [0.1, 0.15) is 0 Å². The van der Waals surface area contributed by atoms with Crippen molar-refractivity contribution >= 4 is 16.8 Å². The number of carbonyl (C=O) groups excluding carboxylic acids is 1. The highest BCUT2D eigenvalue weighted by Crippen LogP contribution is 2.00. The van der Waals surface area contributed by atoms with E-state index in [4.69, 9.17) is 11.6 Å². The Morgan fingerprint density at radius 3 is 2.80 bits per heavy atom. The van der Waals surface area contributed by atoms with Crippen LogP contribution in [0.25, 0.3) is 0 Å². The summed E-state index contributed by atoms with van der Waals surface area (Å²) in [6, 6.07) is 3.12.